The summed E-state index contributed by atoms with van der Waals surface area (Å²) < 4.78 is 46.0. The Labute approximate surface area is 203 Å². The van der Waals surface area contributed by atoms with Crippen molar-refractivity contribution in [2.24, 2.45) is 0 Å². The molecule has 0 spiro atoms. The number of methoxy groups -OCH3 is 1. The average molecular weight is 497 g/mol. The summed E-state index contributed by atoms with van der Waals surface area (Å²) in [6.45, 7) is 0.803. The number of pyridine rings is 1. The molecular formula is C24H22F3N7O2. The molecule has 186 valence electrons. The van der Waals surface area contributed by atoms with Crippen LogP contribution in [0.4, 0.5) is 13.2 Å². The lowest BCUT2D eigenvalue weighted by Gasteiger charge is -2.23. The van der Waals surface area contributed by atoms with E-state index in [-0.39, 0.29) is 17.1 Å². The van der Waals surface area contributed by atoms with Crippen LogP contribution >= 0.6 is 0 Å². The Morgan fingerprint density at radius 3 is 2.61 bits per heavy atom. The number of halogens is 3. The Hall–Kier alpha value is -4.06. The van der Waals surface area contributed by atoms with Gasteiger partial charge in [0.1, 0.15) is 0 Å². The van der Waals surface area contributed by atoms with Crippen LogP contribution in [0, 0.1) is 0 Å². The standard InChI is InChI=1S/C24H22F3N7O2/c1-34-11-17(15-5-3-4-6-18(15)24(25,26)27)19(12-34)31-22(35)13-7-16-20(32-33-21(16)28-8-13)14-9-29-23(36-2)30-10-14/h3-10,17,19H,11-12H2,1-2H3,(H,31,35)(H,28,32,33). The van der Waals surface area contributed by atoms with Crippen LogP contribution in [-0.4, -0.2) is 69.2 Å². The molecule has 2 atom stereocenters. The normalized spacial score (nSPS) is 18.5. The number of hydrogen-bond donors (Lipinski definition) is 2. The molecule has 1 aliphatic rings. The number of nitrogens with one attached hydrogen (secondary N) is 2. The summed E-state index contributed by atoms with van der Waals surface area (Å²) in [5.41, 5.74) is 1.35. The third-order valence-corrected chi connectivity index (χ3v) is 6.26. The first-order valence-electron chi connectivity index (χ1n) is 11.1. The van der Waals surface area contributed by atoms with E-state index in [2.05, 4.69) is 30.5 Å². The molecule has 36 heavy (non-hydrogen) atoms. The summed E-state index contributed by atoms with van der Waals surface area (Å²) in [6, 6.07) is 6.85. The fraction of sp³-hybridized carbons (Fsp3) is 0.292. The highest BCUT2D eigenvalue weighted by Gasteiger charge is 2.40. The number of hydrogen-bond acceptors (Lipinski definition) is 7. The lowest BCUT2D eigenvalue weighted by atomic mass is 9.90. The first-order chi connectivity index (χ1) is 17.2. The Kier molecular flexibility index (Phi) is 6.04. The molecule has 2 unspecified atom stereocenters. The Bertz CT molecular complexity index is 1410. The SMILES string of the molecule is COc1ncc(-c2[nH]nc3ncc(C(=O)NC4CN(C)CC4c4ccccc4C(F)(F)F)cc23)cn1. The molecule has 12 heteroatoms. The van der Waals surface area contributed by atoms with Gasteiger partial charge in [-0.05, 0) is 24.7 Å². The molecule has 0 radical (unpaired) electrons. The fourth-order valence-electron chi connectivity index (χ4n) is 4.59. The summed E-state index contributed by atoms with van der Waals surface area (Å²) in [6.07, 6.45) is 0.0272. The minimum absolute atomic E-state index is 0.171. The minimum atomic E-state index is -4.48. The molecule has 4 heterocycles. The molecule has 3 aromatic heterocycles. The molecule has 5 rings (SSSR count). The Balaban J connectivity index is 1.43. The van der Waals surface area contributed by atoms with Gasteiger partial charge in [-0.25, -0.2) is 15.0 Å². The maximum Gasteiger partial charge on any atom is 0.416 e. The lowest BCUT2D eigenvalue weighted by Crippen LogP contribution is -2.40. The van der Waals surface area contributed by atoms with Crippen LogP contribution in [-0.2, 0) is 6.18 Å². The number of alkyl halides is 3. The monoisotopic (exact) mass is 497 g/mol. The van der Waals surface area contributed by atoms with Gasteiger partial charge in [-0.2, -0.15) is 18.3 Å². The number of amides is 1. The van der Waals surface area contributed by atoms with Crippen molar-refractivity contribution in [3.8, 4) is 17.3 Å². The summed E-state index contributed by atoms with van der Waals surface area (Å²) in [7, 11) is 3.28. The van der Waals surface area contributed by atoms with E-state index in [1.807, 2.05) is 11.9 Å². The van der Waals surface area contributed by atoms with Crippen molar-refractivity contribution in [2.45, 2.75) is 18.1 Å². The van der Waals surface area contributed by atoms with E-state index in [4.69, 9.17) is 4.74 Å². The summed E-state index contributed by atoms with van der Waals surface area (Å²) in [4.78, 5) is 27.5. The van der Waals surface area contributed by atoms with Crippen molar-refractivity contribution in [2.75, 3.05) is 27.2 Å². The molecule has 1 amide bonds. The number of fused-ring (bicyclic) bond motifs is 1. The number of aromatic nitrogens is 5. The number of likely N-dealkylation sites (N-methyl/N-ethyl adjacent to an activating group) is 1. The maximum atomic E-state index is 13.7. The number of likely N-dealkylation sites (tertiary alicyclic amines) is 1. The summed E-state index contributed by atoms with van der Waals surface area (Å²) in [5.74, 6) is -0.952. The van der Waals surface area contributed by atoms with Gasteiger partial charge in [0.2, 0.25) is 0 Å². The van der Waals surface area contributed by atoms with Gasteiger partial charge in [0.15, 0.2) is 5.65 Å². The van der Waals surface area contributed by atoms with E-state index in [9.17, 15) is 18.0 Å². The van der Waals surface area contributed by atoms with E-state index in [0.717, 1.165) is 6.07 Å². The number of H-pyrrole nitrogens is 1. The molecule has 0 saturated carbocycles. The van der Waals surface area contributed by atoms with Crippen molar-refractivity contribution < 1.29 is 22.7 Å². The third-order valence-electron chi connectivity index (χ3n) is 6.26. The number of carbonyl (C=O) groups is 1. The second-order valence-corrected chi connectivity index (χ2v) is 8.64. The highest BCUT2D eigenvalue weighted by Crippen LogP contribution is 2.38. The van der Waals surface area contributed by atoms with Gasteiger partial charge in [0, 0.05) is 54.6 Å². The molecule has 2 N–H and O–H groups in total. The van der Waals surface area contributed by atoms with Gasteiger partial charge in [-0.1, -0.05) is 18.2 Å². The van der Waals surface area contributed by atoms with Gasteiger partial charge in [0.05, 0.1) is 23.9 Å². The topological polar surface area (TPSA) is 109 Å². The van der Waals surface area contributed by atoms with Crippen LogP contribution < -0.4 is 10.1 Å². The van der Waals surface area contributed by atoms with Crippen molar-refractivity contribution in [1.29, 1.82) is 0 Å². The first kappa shape index (κ1) is 23.7. The molecule has 4 aromatic rings. The van der Waals surface area contributed by atoms with Crippen LogP contribution in [0.5, 0.6) is 6.01 Å². The smallest absolute Gasteiger partial charge is 0.416 e. The van der Waals surface area contributed by atoms with Gasteiger partial charge >= 0.3 is 12.2 Å². The number of rotatable bonds is 5. The largest absolute Gasteiger partial charge is 0.467 e. The van der Waals surface area contributed by atoms with E-state index >= 15 is 0 Å². The average Bonchev–Trinajstić information content (AvgIpc) is 3.46. The minimum Gasteiger partial charge on any atom is -0.467 e. The zero-order valence-electron chi connectivity index (χ0n) is 19.4. The van der Waals surface area contributed by atoms with Crippen LogP contribution in [0.25, 0.3) is 22.3 Å². The predicted octanol–water partition coefficient (Wildman–Crippen LogP) is 3.27. The fourth-order valence-corrected chi connectivity index (χ4v) is 4.59. The molecule has 1 aromatic carbocycles. The first-order valence-corrected chi connectivity index (χ1v) is 11.1. The van der Waals surface area contributed by atoms with Gasteiger partial charge in [-0.15, -0.1) is 0 Å². The van der Waals surface area contributed by atoms with E-state index in [1.54, 1.807) is 24.5 Å². The van der Waals surface area contributed by atoms with Gasteiger partial charge < -0.3 is 15.0 Å². The summed E-state index contributed by atoms with van der Waals surface area (Å²) >= 11 is 0. The van der Waals surface area contributed by atoms with Gasteiger partial charge in [-0.3, -0.25) is 9.89 Å². The summed E-state index contributed by atoms with van der Waals surface area (Å²) in [5, 5.41) is 10.6. The quantitative estimate of drug-likeness (QED) is 0.436. The van der Waals surface area contributed by atoms with E-state index in [0.29, 0.717) is 35.4 Å². The molecule has 0 aliphatic carbocycles. The molecule has 9 nitrogen and oxygen atoms in total. The Morgan fingerprint density at radius 2 is 1.89 bits per heavy atom. The number of ether oxygens (including phenoxy) is 1. The number of carbonyl (C=O) groups excluding carboxylic acids is 1. The number of nitrogens with zero attached hydrogens (tertiary/aromatic N) is 5. The van der Waals surface area contributed by atoms with Crippen LogP contribution in [0.15, 0.2) is 48.9 Å². The molecule has 1 aliphatic heterocycles. The van der Waals surface area contributed by atoms with Crippen LogP contribution in [0.2, 0.25) is 0 Å². The molecule has 1 saturated heterocycles. The van der Waals surface area contributed by atoms with Gasteiger partial charge in [0.25, 0.3) is 5.91 Å². The van der Waals surface area contributed by atoms with E-state index < -0.39 is 29.6 Å². The van der Waals surface area contributed by atoms with E-state index in [1.165, 1.54) is 25.4 Å². The zero-order chi connectivity index (χ0) is 25.4. The zero-order valence-corrected chi connectivity index (χ0v) is 19.4. The Morgan fingerprint density at radius 1 is 1.14 bits per heavy atom. The number of benzene rings is 1. The maximum absolute atomic E-state index is 13.7. The molecular weight excluding hydrogens is 475 g/mol. The van der Waals surface area contributed by atoms with Crippen LogP contribution in [0.3, 0.4) is 0 Å². The highest BCUT2D eigenvalue weighted by atomic mass is 19.4. The lowest BCUT2D eigenvalue weighted by molar-refractivity contribution is -0.138. The third kappa shape index (κ3) is 4.47. The predicted molar refractivity (Wildman–Crippen MR) is 124 cm³/mol. The second kappa shape index (κ2) is 9.19. The molecule has 1 fully saturated rings. The van der Waals surface area contributed by atoms with Crippen molar-refractivity contribution in [3.63, 3.8) is 0 Å². The van der Waals surface area contributed by atoms with Crippen LogP contribution in [0.1, 0.15) is 27.4 Å². The molecule has 0 bridgehead atoms. The van der Waals surface area contributed by atoms with Crippen molar-refractivity contribution in [3.05, 3.63) is 65.6 Å². The van der Waals surface area contributed by atoms with Crippen molar-refractivity contribution >= 4 is 16.9 Å². The highest BCUT2D eigenvalue weighted by molar-refractivity contribution is 6.00. The van der Waals surface area contributed by atoms with Crippen molar-refractivity contribution in [1.82, 2.24) is 35.4 Å². The second-order valence-electron chi connectivity index (χ2n) is 8.64. The number of aromatic amines is 1.